The van der Waals surface area contributed by atoms with Gasteiger partial charge in [0.2, 0.25) is 0 Å². The molecule has 170 valence electrons. The maximum atomic E-state index is 12.7. The number of carboxylic acid groups (broad SMARTS) is 1. The Balaban J connectivity index is 1.87. The number of aliphatic carboxylic acids is 1. The number of hydrogen-bond acceptors (Lipinski definition) is 5. The minimum atomic E-state index is -1.39. The third kappa shape index (κ3) is 5.98. The predicted molar refractivity (Wildman–Crippen MR) is 126 cm³/mol. The quantitative estimate of drug-likeness (QED) is 0.353. The Labute approximate surface area is 205 Å². The molecule has 2 aromatic carbocycles. The molecule has 1 aromatic heterocycles. The first-order valence-electron chi connectivity index (χ1n) is 9.29. The second-order valence-electron chi connectivity index (χ2n) is 6.69. The van der Waals surface area contributed by atoms with E-state index in [4.69, 9.17) is 23.2 Å². The summed E-state index contributed by atoms with van der Waals surface area (Å²) in [5, 5.41) is 14.7. The highest BCUT2D eigenvalue weighted by molar-refractivity contribution is 9.10. The standard InChI is InChI=1S/C21H15BrCl2N4O5/c22-12-5-2-1-4-11(12)18(29)26-15(20(31)32)8-10-9-25-21(33)28-17(10)27-19(30)16-13(23)6-3-7-14(16)24/h1-7,9,15H,8H2,(H,26,29)(H,31,32)(H2,25,27,28,30,33)/t15-/m0/s1. The Kier molecular flexibility index (Phi) is 7.85. The van der Waals surface area contributed by atoms with Gasteiger partial charge < -0.3 is 15.7 Å². The van der Waals surface area contributed by atoms with E-state index in [1.165, 1.54) is 18.2 Å². The number of aromatic nitrogens is 2. The van der Waals surface area contributed by atoms with Crippen LogP contribution in [0.4, 0.5) is 5.82 Å². The van der Waals surface area contributed by atoms with Crippen LogP contribution in [0.15, 0.2) is 57.9 Å². The van der Waals surface area contributed by atoms with Crippen molar-refractivity contribution in [1.82, 2.24) is 15.3 Å². The van der Waals surface area contributed by atoms with Gasteiger partial charge in [-0.15, -0.1) is 0 Å². The summed E-state index contributed by atoms with van der Waals surface area (Å²) < 4.78 is 0.488. The van der Waals surface area contributed by atoms with E-state index in [9.17, 15) is 24.3 Å². The van der Waals surface area contributed by atoms with Crippen molar-refractivity contribution in [3.63, 3.8) is 0 Å². The van der Waals surface area contributed by atoms with Crippen molar-refractivity contribution >= 4 is 62.7 Å². The van der Waals surface area contributed by atoms with Gasteiger partial charge in [-0.2, -0.15) is 0 Å². The molecule has 4 N–H and O–H groups in total. The monoisotopic (exact) mass is 552 g/mol. The van der Waals surface area contributed by atoms with Gasteiger partial charge in [0.05, 0.1) is 21.2 Å². The Morgan fingerprint density at radius 3 is 2.36 bits per heavy atom. The lowest BCUT2D eigenvalue weighted by Crippen LogP contribution is -2.42. The van der Waals surface area contributed by atoms with Gasteiger partial charge in [-0.3, -0.25) is 14.6 Å². The van der Waals surface area contributed by atoms with Crippen LogP contribution in [-0.4, -0.2) is 38.9 Å². The summed E-state index contributed by atoms with van der Waals surface area (Å²) in [6.45, 7) is 0. The topological polar surface area (TPSA) is 141 Å². The summed E-state index contributed by atoms with van der Waals surface area (Å²) in [5.41, 5.74) is -0.402. The number of rotatable bonds is 7. The van der Waals surface area contributed by atoms with Gasteiger partial charge in [-0.1, -0.05) is 41.4 Å². The molecule has 12 heteroatoms. The Morgan fingerprint density at radius 2 is 1.73 bits per heavy atom. The molecule has 0 radical (unpaired) electrons. The number of benzene rings is 2. The number of nitrogens with one attached hydrogen (secondary N) is 3. The van der Waals surface area contributed by atoms with Crippen molar-refractivity contribution < 1.29 is 19.5 Å². The van der Waals surface area contributed by atoms with Gasteiger partial charge >= 0.3 is 11.7 Å². The van der Waals surface area contributed by atoms with Crippen LogP contribution in [0.25, 0.3) is 0 Å². The van der Waals surface area contributed by atoms with E-state index < -0.39 is 29.5 Å². The van der Waals surface area contributed by atoms with Crippen molar-refractivity contribution in [2.45, 2.75) is 12.5 Å². The maximum absolute atomic E-state index is 12.7. The third-order valence-corrected chi connectivity index (χ3v) is 5.79. The van der Waals surface area contributed by atoms with E-state index in [2.05, 4.69) is 36.5 Å². The van der Waals surface area contributed by atoms with Gasteiger partial charge in [0, 0.05) is 22.7 Å². The number of aromatic amines is 1. The first kappa shape index (κ1) is 24.4. The van der Waals surface area contributed by atoms with Crippen LogP contribution in [0, 0.1) is 0 Å². The number of amides is 2. The maximum Gasteiger partial charge on any atom is 0.346 e. The van der Waals surface area contributed by atoms with Crippen LogP contribution in [0.5, 0.6) is 0 Å². The highest BCUT2D eigenvalue weighted by Gasteiger charge is 2.25. The number of hydrogen-bond donors (Lipinski definition) is 4. The Morgan fingerprint density at radius 1 is 1.06 bits per heavy atom. The predicted octanol–water partition coefficient (Wildman–Crippen LogP) is 3.52. The molecular formula is C21H15BrCl2N4O5. The molecule has 0 spiro atoms. The molecule has 2 amide bonds. The third-order valence-electron chi connectivity index (χ3n) is 4.46. The molecule has 33 heavy (non-hydrogen) atoms. The molecule has 0 aliphatic rings. The number of nitrogens with zero attached hydrogens (tertiary/aromatic N) is 1. The summed E-state index contributed by atoms with van der Waals surface area (Å²) in [4.78, 5) is 54.8. The van der Waals surface area contributed by atoms with Crippen LogP contribution < -0.4 is 16.3 Å². The minimum Gasteiger partial charge on any atom is -0.480 e. The van der Waals surface area contributed by atoms with Gasteiger partial charge in [-0.25, -0.2) is 14.6 Å². The lowest BCUT2D eigenvalue weighted by atomic mass is 10.1. The fourth-order valence-corrected chi connectivity index (χ4v) is 3.91. The molecule has 1 heterocycles. The molecule has 9 nitrogen and oxygen atoms in total. The Bertz CT molecular complexity index is 1280. The van der Waals surface area contributed by atoms with Gasteiger partial charge in [0.25, 0.3) is 11.8 Å². The molecule has 0 unspecified atom stereocenters. The Hall–Kier alpha value is -3.21. The van der Waals surface area contributed by atoms with E-state index in [0.717, 1.165) is 6.20 Å². The number of carbonyl (C=O) groups is 3. The summed E-state index contributed by atoms with van der Waals surface area (Å²) in [6, 6.07) is 9.62. The molecular weight excluding hydrogens is 539 g/mol. The fourth-order valence-electron chi connectivity index (χ4n) is 2.88. The van der Waals surface area contributed by atoms with E-state index in [1.807, 2.05) is 0 Å². The lowest BCUT2D eigenvalue weighted by Gasteiger charge is -2.17. The average Bonchev–Trinajstić information content (AvgIpc) is 2.75. The van der Waals surface area contributed by atoms with Crippen molar-refractivity contribution in [2.75, 3.05) is 5.32 Å². The van der Waals surface area contributed by atoms with Crippen molar-refractivity contribution in [2.24, 2.45) is 0 Å². The molecule has 0 fully saturated rings. The number of anilines is 1. The molecule has 0 aliphatic carbocycles. The zero-order valence-electron chi connectivity index (χ0n) is 16.6. The second-order valence-corrected chi connectivity index (χ2v) is 8.36. The fraction of sp³-hybridized carbons (Fsp3) is 0.0952. The molecule has 0 saturated heterocycles. The van der Waals surface area contributed by atoms with E-state index in [0.29, 0.717) is 4.47 Å². The molecule has 1 atom stereocenters. The highest BCUT2D eigenvalue weighted by atomic mass is 79.9. The summed E-state index contributed by atoms with van der Waals surface area (Å²) >= 11 is 15.4. The zero-order chi connectivity index (χ0) is 24.1. The van der Waals surface area contributed by atoms with Crippen LogP contribution in [0.3, 0.4) is 0 Å². The number of carbonyl (C=O) groups excluding carboxylic acids is 2. The van der Waals surface area contributed by atoms with Gasteiger partial charge in [0.15, 0.2) is 0 Å². The summed E-state index contributed by atoms with van der Waals surface area (Å²) in [7, 11) is 0. The molecule has 0 aliphatic heterocycles. The van der Waals surface area contributed by atoms with E-state index >= 15 is 0 Å². The lowest BCUT2D eigenvalue weighted by molar-refractivity contribution is -0.139. The molecule has 0 saturated carbocycles. The number of halogens is 3. The first-order valence-corrected chi connectivity index (χ1v) is 10.8. The SMILES string of the molecule is O=C(N[C@@H](Cc1cnc(=O)[nH]c1NC(=O)c1c(Cl)cccc1Cl)C(=O)O)c1ccccc1Br. The van der Waals surface area contributed by atoms with Crippen LogP contribution in [0.1, 0.15) is 26.3 Å². The normalized spacial score (nSPS) is 11.5. The molecule has 0 bridgehead atoms. The first-order chi connectivity index (χ1) is 15.7. The van der Waals surface area contributed by atoms with E-state index in [1.54, 1.807) is 24.3 Å². The smallest absolute Gasteiger partial charge is 0.346 e. The van der Waals surface area contributed by atoms with Crippen LogP contribution >= 0.6 is 39.1 Å². The zero-order valence-corrected chi connectivity index (χ0v) is 19.7. The largest absolute Gasteiger partial charge is 0.480 e. The second kappa shape index (κ2) is 10.6. The van der Waals surface area contributed by atoms with Crippen molar-refractivity contribution in [3.05, 3.63) is 90.4 Å². The molecule has 3 aromatic rings. The van der Waals surface area contributed by atoms with Crippen molar-refractivity contribution in [3.8, 4) is 0 Å². The number of H-pyrrole nitrogens is 1. The van der Waals surface area contributed by atoms with Crippen LogP contribution in [-0.2, 0) is 11.2 Å². The van der Waals surface area contributed by atoms with Crippen LogP contribution in [0.2, 0.25) is 10.0 Å². The summed E-state index contributed by atoms with van der Waals surface area (Å²) in [6.07, 6.45) is 0.824. The van der Waals surface area contributed by atoms with Gasteiger partial charge in [-0.05, 0) is 40.2 Å². The average molecular weight is 554 g/mol. The van der Waals surface area contributed by atoms with Crippen molar-refractivity contribution in [1.29, 1.82) is 0 Å². The minimum absolute atomic E-state index is 0.0264. The molecule has 3 rings (SSSR count). The number of carboxylic acids is 1. The highest BCUT2D eigenvalue weighted by Crippen LogP contribution is 2.25. The van der Waals surface area contributed by atoms with E-state index in [-0.39, 0.29) is 39.0 Å². The summed E-state index contributed by atoms with van der Waals surface area (Å²) in [5.74, 6) is -2.77. The van der Waals surface area contributed by atoms with Gasteiger partial charge in [0.1, 0.15) is 11.9 Å².